The van der Waals surface area contributed by atoms with Gasteiger partial charge in [0.2, 0.25) is 6.29 Å². The number of phenolic OH excluding ortho intramolecular Hbond substituents is 1. The van der Waals surface area contributed by atoms with Gasteiger partial charge in [0.25, 0.3) is 0 Å². The molecule has 4 rings (SSSR count). The molecule has 2 aliphatic rings. The van der Waals surface area contributed by atoms with E-state index in [2.05, 4.69) is 0 Å². The molecule has 0 saturated carbocycles. The summed E-state index contributed by atoms with van der Waals surface area (Å²) in [5.74, 6) is -0.0818. The van der Waals surface area contributed by atoms with Gasteiger partial charge in [0, 0.05) is 19.4 Å². The molecule has 6 heteroatoms. The van der Waals surface area contributed by atoms with E-state index in [0.717, 1.165) is 22.4 Å². The van der Waals surface area contributed by atoms with Gasteiger partial charge in [0.05, 0.1) is 12.0 Å². The molecule has 4 unspecified atom stereocenters. The number of aliphatic hydroxyl groups excluding tert-OH is 1. The van der Waals surface area contributed by atoms with Crippen molar-refractivity contribution in [2.24, 2.45) is 5.92 Å². The first-order chi connectivity index (χ1) is 13.8. The molecule has 0 amide bonds. The predicted molar refractivity (Wildman–Crippen MR) is 106 cm³/mol. The number of methoxy groups -OCH3 is 1. The van der Waals surface area contributed by atoms with E-state index in [1.54, 1.807) is 24.3 Å². The summed E-state index contributed by atoms with van der Waals surface area (Å²) in [6.07, 6.45) is -0.135. The average Bonchev–Trinajstić information content (AvgIpc) is 2.99. The van der Waals surface area contributed by atoms with Crippen LogP contribution >= 0.6 is 0 Å². The quantitative estimate of drug-likeness (QED) is 0.771. The number of esters is 1. The van der Waals surface area contributed by atoms with Crippen LogP contribution in [0.1, 0.15) is 36.5 Å². The zero-order valence-electron chi connectivity index (χ0n) is 16.8. The Hall–Kier alpha value is -2.57. The fourth-order valence-electron chi connectivity index (χ4n) is 4.21. The van der Waals surface area contributed by atoms with Crippen LogP contribution in [0, 0.1) is 5.92 Å². The summed E-state index contributed by atoms with van der Waals surface area (Å²) in [7, 11) is 1.53. The maximum atomic E-state index is 12.6. The van der Waals surface area contributed by atoms with Gasteiger partial charge in [-0.05, 0) is 55.2 Å². The van der Waals surface area contributed by atoms with E-state index in [4.69, 9.17) is 14.2 Å². The maximum Gasteiger partial charge on any atom is 0.316 e. The number of carbonyl (C=O) groups excluding carboxylic acids is 1. The smallest absolute Gasteiger partial charge is 0.316 e. The molecular formula is C23H26O6. The third kappa shape index (κ3) is 3.70. The number of phenols is 1. The molecule has 6 nitrogen and oxygen atoms in total. The molecule has 2 aliphatic heterocycles. The lowest BCUT2D eigenvalue weighted by atomic mass is 9.82. The van der Waals surface area contributed by atoms with Crippen molar-refractivity contribution < 1.29 is 29.2 Å². The Labute approximate surface area is 170 Å². The van der Waals surface area contributed by atoms with Crippen LogP contribution in [0.2, 0.25) is 0 Å². The molecule has 0 spiro atoms. The van der Waals surface area contributed by atoms with Gasteiger partial charge in [-0.25, -0.2) is 0 Å². The zero-order valence-corrected chi connectivity index (χ0v) is 16.8. The molecule has 2 N–H and O–H groups in total. The monoisotopic (exact) mass is 398 g/mol. The first-order valence-corrected chi connectivity index (χ1v) is 9.79. The third-order valence-corrected chi connectivity index (χ3v) is 5.93. The second-order valence-corrected chi connectivity index (χ2v) is 8.35. The molecule has 4 atom stereocenters. The molecule has 0 aromatic heterocycles. The Kier molecular flexibility index (Phi) is 5.00. The molecule has 2 aromatic carbocycles. The largest absolute Gasteiger partial charge is 0.508 e. The van der Waals surface area contributed by atoms with E-state index in [1.165, 1.54) is 7.11 Å². The van der Waals surface area contributed by atoms with Crippen LogP contribution in [0.15, 0.2) is 42.5 Å². The molecule has 2 aromatic rings. The van der Waals surface area contributed by atoms with Gasteiger partial charge in [0.15, 0.2) is 0 Å². The Balaban J connectivity index is 1.62. The van der Waals surface area contributed by atoms with Crippen LogP contribution in [-0.2, 0) is 27.1 Å². The van der Waals surface area contributed by atoms with Gasteiger partial charge in [-0.15, -0.1) is 0 Å². The van der Waals surface area contributed by atoms with Gasteiger partial charge < -0.3 is 24.4 Å². The summed E-state index contributed by atoms with van der Waals surface area (Å²) in [6, 6.07) is 12.6. The number of aromatic hydroxyl groups is 1. The van der Waals surface area contributed by atoms with Crippen molar-refractivity contribution in [3.05, 3.63) is 59.2 Å². The fraction of sp³-hybridized carbons (Fsp3) is 0.435. The third-order valence-electron chi connectivity index (χ3n) is 5.93. The molecule has 2 heterocycles. The summed E-state index contributed by atoms with van der Waals surface area (Å²) in [4.78, 5) is 12.6. The Morgan fingerprint density at radius 1 is 1.17 bits per heavy atom. The summed E-state index contributed by atoms with van der Waals surface area (Å²) < 4.78 is 16.8. The Morgan fingerprint density at radius 2 is 1.90 bits per heavy atom. The number of ether oxygens (including phenoxy) is 3. The molecule has 154 valence electrons. The minimum Gasteiger partial charge on any atom is -0.508 e. The second kappa shape index (κ2) is 7.35. The van der Waals surface area contributed by atoms with Gasteiger partial charge in [-0.3, -0.25) is 4.79 Å². The van der Waals surface area contributed by atoms with E-state index in [9.17, 15) is 15.0 Å². The average molecular weight is 398 g/mol. The Morgan fingerprint density at radius 3 is 2.59 bits per heavy atom. The molecule has 0 bridgehead atoms. The summed E-state index contributed by atoms with van der Waals surface area (Å²) in [5, 5.41) is 19.9. The zero-order chi connectivity index (χ0) is 20.8. The highest BCUT2D eigenvalue weighted by Gasteiger charge is 2.46. The summed E-state index contributed by atoms with van der Waals surface area (Å²) >= 11 is 0. The van der Waals surface area contributed by atoms with E-state index in [-0.39, 0.29) is 17.6 Å². The number of benzene rings is 2. The molecular weight excluding hydrogens is 372 g/mol. The lowest BCUT2D eigenvalue weighted by Gasteiger charge is -2.37. The highest BCUT2D eigenvalue weighted by Crippen LogP contribution is 2.40. The number of carbonyl (C=O) groups is 1. The van der Waals surface area contributed by atoms with Crippen LogP contribution in [0.5, 0.6) is 11.5 Å². The first-order valence-electron chi connectivity index (χ1n) is 9.79. The van der Waals surface area contributed by atoms with Gasteiger partial charge in [-0.2, -0.15) is 0 Å². The van der Waals surface area contributed by atoms with Gasteiger partial charge in [0.1, 0.15) is 17.1 Å². The van der Waals surface area contributed by atoms with Crippen LogP contribution < -0.4 is 4.74 Å². The van der Waals surface area contributed by atoms with Crippen LogP contribution in [0.3, 0.4) is 0 Å². The Bertz CT molecular complexity index is 904. The number of rotatable bonds is 4. The van der Waals surface area contributed by atoms with Crippen LogP contribution in [0.4, 0.5) is 0 Å². The number of hydrogen-bond donors (Lipinski definition) is 2. The lowest BCUT2D eigenvalue weighted by Crippen LogP contribution is -2.46. The van der Waals surface area contributed by atoms with Crippen LogP contribution in [0.25, 0.3) is 0 Å². The van der Waals surface area contributed by atoms with Crippen molar-refractivity contribution >= 4 is 5.97 Å². The van der Waals surface area contributed by atoms with E-state index >= 15 is 0 Å². The van der Waals surface area contributed by atoms with Gasteiger partial charge in [-0.1, -0.05) is 24.3 Å². The maximum absolute atomic E-state index is 12.6. The molecule has 29 heavy (non-hydrogen) atoms. The van der Waals surface area contributed by atoms with Crippen molar-refractivity contribution in [3.8, 4) is 11.5 Å². The van der Waals surface area contributed by atoms with Crippen molar-refractivity contribution in [2.75, 3.05) is 7.11 Å². The van der Waals surface area contributed by atoms with Crippen molar-refractivity contribution in [1.29, 1.82) is 0 Å². The van der Waals surface area contributed by atoms with Gasteiger partial charge >= 0.3 is 5.97 Å². The van der Waals surface area contributed by atoms with Crippen molar-refractivity contribution in [2.45, 2.75) is 50.6 Å². The molecule has 1 saturated heterocycles. The van der Waals surface area contributed by atoms with Crippen molar-refractivity contribution in [1.82, 2.24) is 0 Å². The normalized spacial score (nSPS) is 27.8. The number of cyclic esters (lactones) is 1. The highest BCUT2D eigenvalue weighted by molar-refractivity contribution is 5.81. The SMILES string of the molecule is COC1OC(=O)C(c2ccc(O)cc2)C1Cc1ccc2c(c1)CC(O)C(C)(C)O2. The minimum absolute atomic E-state index is 0.149. The van der Waals surface area contributed by atoms with Crippen molar-refractivity contribution in [3.63, 3.8) is 0 Å². The van der Waals surface area contributed by atoms with Crippen LogP contribution in [-0.4, -0.2) is 41.3 Å². The number of aliphatic hydroxyl groups is 1. The van der Waals surface area contributed by atoms with E-state index in [0.29, 0.717) is 12.8 Å². The van der Waals surface area contributed by atoms with E-state index < -0.39 is 23.9 Å². The number of hydrogen-bond acceptors (Lipinski definition) is 6. The topological polar surface area (TPSA) is 85.2 Å². The molecule has 1 fully saturated rings. The summed E-state index contributed by atoms with van der Waals surface area (Å²) in [6.45, 7) is 3.75. The molecule has 0 aliphatic carbocycles. The second-order valence-electron chi connectivity index (χ2n) is 8.35. The fourth-order valence-corrected chi connectivity index (χ4v) is 4.21. The first kappa shape index (κ1) is 19.7. The van der Waals surface area contributed by atoms with E-state index in [1.807, 2.05) is 32.0 Å². The predicted octanol–water partition coefficient (Wildman–Crippen LogP) is 2.94. The molecule has 0 radical (unpaired) electrons. The summed E-state index contributed by atoms with van der Waals surface area (Å²) in [5.41, 5.74) is 2.14. The lowest BCUT2D eigenvalue weighted by molar-refractivity contribution is -0.161. The highest BCUT2D eigenvalue weighted by atomic mass is 16.7. The number of fused-ring (bicyclic) bond motifs is 1. The standard InChI is InChI=1S/C23H26O6/c1-23(2)19(25)12-15-10-13(4-9-18(15)29-23)11-17-20(21(26)28-22(17)27-3)14-5-7-16(24)8-6-14/h4-10,17,19-20,22,24-25H,11-12H2,1-3H3. The minimum atomic E-state index is -0.641.